The van der Waals surface area contributed by atoms with E-state index in [4.69, 9.17) is 25.8 Å². The molecule has 0 aliphatic heterocycles. The summed E-state index contributed by atoms with van der Waals surface area (Å²) < 4.78 is 16.9. The van der Waals surface area contributed by atoms with E-state index in [-0.39, 0.29) is 47.7 Å². The fourth-order valence-electron chi connectivity index (χ4n) is 5.20. The molecule has 2 aromatic carbocycles. The Kier molecular flexibility index (Phi) is 11.4. The van der Waals surface area contributed by atoms with Crippen LogP contribution in [0.5, 0.6) is 11.5 Å². The smallest absolute Gasteiger partial charge is 0.329 e. The first kappa shape index (κ1) is 32.2. The Hall–Kier alpha value is -3.30. The molecule has 0 saturated heterocycles. The number of unbranched alkanes of at least 4 members (excludes halogenated alkanes) is 1. The van der Waals surface area contributed by atoms with Gasteiger partial charge in [0.2, 0.25) is 0 Å². The van der Waals surface area contributed by atoms with Crippen LogP contribution in [0.2, 0.25) is 5.02 Å². The molecular formula is C31H41ClN2O7. The zero-order chi connectivity index (χ0) is 30.2. The molecule has 1 atom stereocenters. The molecule has 1 fully saturated rings. The predicted molar refractivity (Wildman–Crippen MR) is 157 cm³/mol. The number of carbonyl (C=O) groups is 3. The maximum absolute atomic E-state index is 13.8. The van der Waals surface area contributed by atoms with Crippen LogP contribution in [0.15, 0.2) is 36.4 Å². The van der Waals surface area contributed by atoms with Gasteiger partial charge in [0, 0.05) is 32.1 Å². The van der Waals surface area contributed by atoms with Crippen LogP contribution in [0.3, 0.4) is 0 Å². The molecule has 0 spiro atoms. The third-order valence-electron chi connectivity index (χ3n) is 7.53. The number of halogens is 1. The number of carboxylic acid groups (broad SMARTS) is 1. The van der Waals surface area contributed by atoms with Gasteiger partial charge in [-0.25, -0.2) is 9.59 Å². The predicted octanol–water partition coefficient (Wildman–Crippen LogP) is 6.07. The number of rotatable bonds is 15. The first-order valence-corrected chi connectivity index (χ1v) is 14.5. The van der Waals surface area contributed by atoms with Crippen molar-refractivity contribution in [1.82, 2.24) is 10.2 Å². The quantitative estimate of drug-likeness (QED) is 0.192. The fourth-order valence-corrected chi connectivity index (χ4v) is 5.56. The number of aryl methyl sites for hydroxylation is 1. The van der Waals surface area contributed by atoms with Gasteiger partial charge < -0.3 is 29.5 Å². The van der Waals surface area contributed by atoms with Crippen LogP contribution in [-0.2, 0) is 16.0 Å². The number of ether oxygens (including phenoxy) is 3. The Labute approximate surface area is 247 Å². The zero-order valence-electron chi connectivity index (χ0n) is 24.5. The van der Waals surface area contributed by atoms with Gasteiger partial charge in [0.05, 0.1) is 30.4 Å². The number of ketones is 1. The van der Waals surface area contributed by atoms with E-state index in [9.17, 15) is 19.5 Å². The molecule has 2 N–H and O–H groups in total. The number of amides is 2. The van der Waals surface area contributed by atoms with Crippen molar-refractivity contribution in [3.8, 4) is 11.5 Å². The SMILES string of the molecule is CCOc1cc([C@@H](C)N(CCCCc2ccccc2)C(=O)NC2(C(=O)O)CC(OC)C2)c(Cl)c(OCC)c1C(C)=O. The van der Waals surface area contributed by atoms with Crippen molar-refractivity contribution in [1.29, 1.82) is 0 Å². The lowest BCUT2D eigenvalue weighted by Gasteiger charge is -2.45. The second kappa shape index (κ2) is 14.5. The van der Waals surface area contributed by atoms with E-state index in [1.807, 2.05) is 32.0 Å². The molecule has 9 nitrogen and oxygen atoms in total. The molecule has 224 valence electrons. The lowest BCUT2D eigenvalue weighted by atomic mass is 9.74. The molecule has 1 aliphatic rings. The lowest BCUT2D eigenvalue weighted by Crippen LogP contribution is -2.66. The summed E-state index contributed by atoms with van der Waals surface area (Å²) in [7, 11) is 1.53. The summed E-state index contributed by atoms with van der Waals surface area (Å²) in [5.41, 5.74) is 0.578. The zero-order valence-corrected chi connectivity index (χ0v) is 25.3. The largest absolute Gasteiger partial charge is 0.493 e. The number of methoxy groups -OCH3 is 1. The Bertz CT molecular complexity index is 1210. The number of nitrogens with zero attached hydrogens (tertiary/aromatic N) is 1. The van der Waals surface area contributed by atoms with Gasteiger partial charge in [0.25, 0.3) is 0 Å². The third kappa shape index (κ3) is 7.51. The highest BCUT2D eigenvalue weighted by Crippen LogP contribution is 2.43. The highest BCUT2D eigenvalue weighted by atomic mass is 35.5. The minimum absolute atomic E-state index is 0.178. The van der Waals surface area contributed by atoms with Gasteiger partial charge in [-0.2, -0.15) is 0 Å². The number of carboxylic acids is 1. The summed E-state index contributed by atoms with van der Waals surface area (Å²) in [5, 5.41) is 13.0. The molecule has 2 aromatic rings. The molecule has 1 aliphatic carbocycles. The number of aliphatic carboxylic acids is 1. The second-order valence-corrected chi connectivity index (χ2v) is 10.7. The maximum Gasteiger partial charge on any atom is 0.329 e. The Balaban J connectivity index is 1.95. The van der Waals surface area contributed by atoms with Crippen LogP contribution in [-0.4, -0.2) is 66.3 Å². The Morgan fingerprint density at radius 2 is 1.78 bits per heavy atom. The normalized spacial score (nSPS) is 18.6. The number of carbonyl (C=O) groups excluding carboxylic acids is 2. The molecule has 0 heterocycles. The highest BCUT2D eigenvalue weighted by molar-refractivity contribution is 6.33. The van der Waals surface area contributed by atoms with Crippen LogP contribution in [0.4, 0.5) is 4.79 Å². The number of hydrogen-bond acceptors (Lipinski definition) is 6. The minimum atomic E-state index is -1.41. The van der Waals surface area contributed by atoms with Gasteiger partial charge in [0.15, 0.2) is 11.5 Å². The fraction of sp³-hybridized carbons (Fsp3) is 0.516. The monoisotopic (exact) mass is 588 g/mol. The van der Waals surface area contributed by atoms with Gasteiger partial charge in [0.1, 0.15) is 16.9 Å². The van der Waals surface area contributed by atoms with E-state index in [2.05, 4.69) is 17.4 Å². The van der Waals surface area contributed by atoms with Crippen molar-refractivity contribution in [2.75, 3.05) is 26.9 Å². The lowest BCUT2D eigenvalue weighted by molar-refractivity contribution is -0.155. The summed E-state index contributed by atoms with van der Waals surface area (Å²) in [6.07, 6.45) is 2.46. The number of nitrogens with one attached hydrogen (secondary N) is 1. The molecule has 0 bridgehead atoms. The third-order valence-corrected chi connectivity index (χ3v) is 7.92. The summed E-state index contributed by atoms with van der Waals surface area (Å²) in [6, 6.07) is 10.6. The topological polar surface area (TPSA) is 114 Å². The van der Waals surface area contributed by atoms with Crippen molar-refractivity contribution < 1.29 is 33.7 Å². The average Bonchev–Trinajstić information content (AvgIpc) is 2.92. The van der Waals surface area contributed by atoms with E-state index in [1.54, 1.807) is 17.9 Å². The molecule has 41 heavy (non-hydrogen) atoms. The van der Waals surface area contributed by atoms with Gasteiger partial charge in [-0.3, -0.25) is 4.79 Å². The molecule has 0 aromatic heterocycles. The Morgan fingerprint density at radius 3 is 2.34 bits per heavy atom. The van der Waals surface area contributed by atoms with Crippen molar-refractivity contribution in [2.45, 2.75) is 77.5 Å². The molecule has 3 rings (SSSR count). The van der Waals surface area contributed by atoms with Crippen LogP contribution in [0, 0.1) is 0 Å². The Morgan fingerprint density at radius 1 is 1.12 bits per heavy atom. The number of Topliss-reactive ketones (excluding diaryl/α,β-unsaturated/α-hetero) is 1. The standard InChI is InChI=1S/C31H41ClN2O7/c1-6-40-25-17-24(27(32)28(41-7-2)26(25)21(4)35)20(3)34(16-12-11-15-22-13-9-8-10-14-22)30(38)33-31(29(36)37)18-23(19-31)39-5/h8-10,13-14,17,20,23H,6-7,11-12,15-16,18-19H2,1-5H3,(H,33,38)(H,36,37)/t20-,23?,31?/m1/s1. The van der Waals surface area contributed by atoms with Crippen LogP contribution >= 0.6 is 11.6 Å². The first-order valence-electron chi connectivity index (χ1n) is 14.1. The van der Waals surface area contributed by atoms with Crippen LogP contribution in [0.1, 0.15) is 80.9 Å². The number of urea groups is 1. The molecular weight excluding hydrogens is 548 g/mol. The molecule has 1 saturated carbocycles. The summed E-state index contributed by atoms with van der Waals surface area (Å²) in [5.74, 6) is -0.822. The summed E-state index contributed by atoms with van der Waals surface area (Å²) in [4.78, 5) is 40.1. The minimum Gasteiger partial charge on any atom is -0.493 e. The molecule has 10 heteroatoms. The summed E-state index contributed by atoms with van der Waals surface area (Å²) >= 11 is 6.85. The highest BCUT2D eigenvalue weighted by Gasteiger charge is 2.52. The maximum atomic E-state index is 13.8. The van der Waals surface area contributed by atoms with Gasteiger partial charge in [-0.05, 0) is 58.6 Å². The van der Waals surface area contributed by atoms with Gasteiger partial charge >= 0.3 is 12.0 Å². The van der Waals surface area contributed by atoms with Gasteiger partial charge in [-0.15, -0.1) is 0 Å². The molecule has 2 amide bonds. The van der Waals surface area contributed by atoms with Crippen LogP contribution < -0.4 is 14.8 Å². The molecule has 0 radical (unpaired) electrons. The summed E-state index contributed by atoms with van der Waals surface area (Å²) in [6.45, 7) is 7.78. The van der Waals surface area contributed by atoms with Crippen LogP contribution in [0.25, 0.3) is 0 Å². The van der Waals surface area contributed by atoms with E-state index in [0.717, 1.165) is 12.8 Å². The van der Waals surface area contributed by atoms with Crippen molar-refractivity contribution in [2.24, 2.45) is 0 Å². The number of hydrogen-bond donors (Lipinski definition) is 2. The average molecular weight is 589 g/mol. The van der Waals surface area contributed by atoms with E-state index in [0.29, 0.717) is 30.9 Å². The van der Waals surface area contributed by atoms with Crippen molar-refractivity contribution in [3.05, 3.63) is 58.1 Å². The molecule has 0 unspecified atom stereocenters. The van der Waals surface area contributed by atoms with Crippen molar-refractivity contribution >= 4 is 29.4 Å². The van der Waals surface area contributed by atoms with E-state index >= 15 is 0 Å². The second-order valence-electron chi connectivity index (χ2n) is 10.3. The van der Waals surface area contributed by atoms with Crippen molar-refractivity contribution in [3.63, 3.8) is 0 Å². The first-order chi connectivity index (χ1) is 19.6. The number of benzene rings is 2. The van der Waals surface area contributed by atoms with Gasteiger partial charge in [-0.1, -0.05) is 41.9 Å². The van der Waals surface area contributed by atoms with E-state index < -0.39 is 23.6 Å². The van der Waals surface area contributed by atoms with E-state index in [1.165, 1.54) is 19.6 Å².